The fourth-order valence-electron chi connectivity index (χ4n) is 3.50. The van der Waals surface area contributed by atoms with Crippen LogP contribution in [0.5, 0.6) is 0 Å². The van der Waals surface area contributed by atoms with Crippen molar-refractivity contribution in [3.05, 3.63) is 71.5 Å². The number of carbonyl (C=O) groups is 1. The van der Waals surface area contributed by atoms with Gasteiger partial charge in [-0.25, -0.2) is 4.39 Å². The number of nitrogens with one attached hydrogen (secondary N) is 2. The van der Waals surface area contributed by atoms with Crippen molar-refractivity contribution >= 4 is 5.91 Å². The maximum Gasteiger partial charge on any atom is 0.254 e. The van der Waals surface area contributed by atoms with E-state index in [9.17, 15) is 9.18 Å². The van der Waals surface area contributed by atoms with Crippen LogP contribution < -0.4 is 10.2 Å². The topological polar surface area (TPSA) is 42.8 Å². The molecule has 2 aromatic rings. The van der Waals surface area contributed by atoms with Crippen molar-refractivity contribution in [3.63, 3.8) is 0 Å². The Bertz CT molecular complexity index is 702. The summed E-state index contributed by atoms with van der Waals surface area (Å²) in [5.41, 5.74) is 1.25. The number of amides is 1. The van der Waals surface area contributed by atoms with Gasteiger partial charge in [0, 0.05) is 5.56 Å². The first-order valence-corrected chi connectivity index (χ1v) is 8.69. The van der Waals surface area contributed by atoms with Crippen molar-refractivity contribution in [1.82, 2.24) is 5.32 Å². The molecule has 4 nitrogen and oxygen atoms in total. The molecule has 0 bridgehead atoms. The van der Waals surface area contributed by atoms with Crippen LogP contribution in [0.3, 0.4) is 0 Å². The summed E-state index contributed by atoms with van der Waals surface area (Å²) in [6.45, 7) is 5.19. The fourth-order valence-corrected chi connectivity index (χ4v) is 3.50. The van der Waals surface area contributed by atoms with Crippen LogP contribution >= 0.6 is 0 Å². The number of benzene rings is 2. The molecule has 0 spiro atoms. The van der Waals surface area contributed by atoms with E-state index in [1.807, 2.05) is 25.1 Å². The Morgan fingerprint density at radius 2 is 1.72 bits per heavy atom. The number of quaternary nitrogens is 1. The van der Waals surface area contributed by atoms with Crippen molar-refractivity contribution in [1.29, 1.82) is 0 Å². The summed E-state index contributed by atoms with van der Waals surface area (Å²) in [4.78, 5) is 13.9. The Kier molecular flexibility index (Phi) is 5.79. The third-order valence-electron chi connectivity index (χ3n) is 4.71. The first-order chi connectivity index (χ1) is 12.2. The molecule has 2 N–H and O–H groups in total. The molecule has 2 aromatic carbocycles. The third-order valence-corrected chi connectivity index (χ3v) is 4.71. The molecule has 5 heteroatoms. The fraction of sp³-hybridized carbons (Fsp3) is 0.350. The molecule has 132 valence electrons. The van der Waals surface area contributed by atoms with Crippen LogP contribution in [0.1, 0.15) is 28.9 Å². The van der Waals surface area contributed by atoms with E-state index >= 15 is 0 Å². The smallest absolute Gasteiger partial charge is 0.254 e. The van der Waals surface area contributed by atoms with Crippen LogP contribution in [0.15, 0.2) is 54.6 Å². The molecule has 1 aliphatic rings. The molecule has 0 saturated carbocycles. The molecular formula is C20H24FN2O2+. The van der Waals surface area contributed by atoms with E-state index in [0.717, 1.165) is 13.1 Å². The zero-order chi connectivity index (χ0) is 17.6. The van der Waals surface area contributed by atoms with Gasteiger partial charge in [0.2, 0.25) is 0 Å². The molecule has 25 heavy (non-hydrogen) atoms. The van der Waals surface area contributed by atoms with Gasteiger partial charge in [-0.1, -0.05) is 42.5 Å². The van der Waals surface area contributed by atoms with Crippen molar-refractivity contribution < 1.29 is 18.8 Å². The molecular weight excluding hydrogens is 319 g/mol. The largest absolute Gasteiger partial charge is 0.370 e. The molecule has 1 saturated heterocycles. The van der Waals surface area contributed by atoms with E-state index in [-0.39, 0.29) is 23.6 Å². The lowest BCUT2D eigenvalue weighted by molar-refractivity contribution is -0.940. The second kappa shape index (κ2) is 8.23. The number of ether oxygens (including phenoxy) is 1. The van der Waals surface area contributed by atoms with E-state index in [1.165, 1.54) is 22.6 Å². The first-order valence-electron chi connectivity index (χ1n) is 8.69. The Labute approximate surface area is 147 Å². The molecule has 1 fully saturated rings. The van der Waals surface area contributed by atoms with Gasteiger partial charge in [0.25, 0.3) is 5.91 Å². The van der Waals surface area contributed by atoms with Crippen LogP contribution in [0.2, 0.25) is 0 Å². The van der Waals surface area contributed by atoms with E-state index in [2.05, 4.69) is 17.4 Å². The highest BCUT2D eigenvalue weighted by Gasteiger charge is 2.32. The summed E-state index contributed by atoms with van der Waals surface area (Å²) in [6.07, 6.45) is 0. The highest BCUT2D eigenvalue weighted by molar-refractivity contribution is 5.94. The lowest BCUT2D eigenvalue weighted by atomic mass is 9.97. The SMILES string of the molecule is C[C@H](NC(=O)c1ccccc1F)[C@H](c1ccccc1)[NH+]1CCOCC1. The van der Waals surface area contributed by atoms with Gasteiger partial charge >= 0.3 is 0 Å². The highest BCUT2D eigenvalue weighted by Crippen LogP contribution is 2.15. The molecule has 3 rings (SSSR count). The minimum absolute atomic E-state index is 0.0816. The second-order valence-corrected chi connectivity index (χ2v) is 6.40. The zero-order valence-corrected chi connectivity index (χ0v) is 14.4. The zero-order valence-electron chi connectivity index (χ0n) is 14.4. The van der Waals surface area contributed by atoms with Gasteiger partial charge in [0.15, 0.2) is 0 Å². The first kappa shape index (κ1) is 17.6. The summed E-state index contributed by atoms with van der Waals surface area (Å²) >= 11 is 0. The van der Waals surface area contributed by atoms with Crippen LogP contribution in [0, 0.1) is 5.82 Å². The Balaban J connectivity index is 1.80. The monoisotopic (exact) mass is 343 g/mol. The molecule has 2 atom stereocenters. The quantitative estimate of drug-likeness (QED) is 0.866. The van der Waals surface area contributed by atoms with E-state index in [0.29, 0.717) is 13.2 Å². The lowest BCUT2D eigenvalue weighted by Crippen LogP contribution is -3.15. The summed E-state index contributed by atoms with van der Waals surface area (Å²) in [7, 11) is 0. The van der Waals surface area contributed by atoms with Crippen molar-refractivity contribution in [3.8, 4) is 0 Å². The number of rotatable bonds is 5. The maximum absolute atomic E-state index is 13.9. The van der Waals surface area contributed by atoms with Crippen LogP contribution in [-0.2, 0) is 4.74 Å². The number of hydrogen-bond acceptors (Lipinski definition) is 2. The molecule has 0 unspecified atom stereocenters. The van der Waals surface area contributed by atoms with Crippen molar-refractivity contribution in [2.75, 3.05) is 26.3 Å². The molecule has 1 amide bonds. The molecule has 1 aliphatic heterocycles. The summed E-state index contributed by atoms with van der Waals surface area (Å²) < 4.78 is 19.4. The summed E-state index contributed by atoms with van der Waals surface area (Å²) in [6, 6.07) is 16.2. The van der Waals surface area contributed by atoms with Crippen LogP contribution in [0.25, 0.3) is 0 Å². The van der Waals surface area contributed by atoms with Gasteiger partial charge in [-0.2, -0.15) is 0 Å². The minimum atomic E-state index is -0.498. The van der Waals surface area contributed by atoms with Crippen LogP contribution in [0.4, 0.5) is 4.39 Å². The summed E-state index contributed by atoms with van der Waals surface area (Å²) in [5.74, 6) is -0.874. The van der Waals surface area contributed by atoms with Gasteiger partial charge in [0.05, 0.1) is 24.8 Å². The lowest BCUT2D eigenvalue weighted by Gasteiger charge is -2.35. The van der Waals surface area contributed by atoms with Gasteiger partial charge in [0.1, 0.15) is 24.9 Å². The number of carbonyl (C=O) groups excluding carboxylic acids is 1. The van der Waals surface area contributed by atoms with Crippen molar-refractivity contribution in [2.45, 2.75) is 19.0 Å². The molecule has 1 heterocycles. The normalized spacial score (nSPS) is 17.7. The Morgan fingerprint density at radius 3 is 2.40 bits per heavy atom. The predicted molar refractivity (Wildman–Crippen MR) is 94.0 cm³/mol. The minimum Gasteiger partial charge on any atom is -0.370 e. The van der Waals surface area contributed by atoms with E-state index < -0.39 is 5.82 Å². The maximum atomic E-state index is 13.9. The second-order valence-electron chi connectivity index (χ2n) is 6.40. The molecule has 0 aromatic heterocycles. The Morgan fingerprint density at radius 1 is 1.08 bits per heavy atom. The van der Waals surface area contributed by atoms with E-state index in [4.69, 9.17) is 4.74 Å². The average Bonchev–Trinajstić information content (AvgIpc) is 2.64. The highest BCUT2D eigenvalue weighted by atomic mass is 19.1. The number of morpholine rings is 1. The summed E-state index contributed by atoms with van der Waals surface area (Å²) in [5, 5.41) is 2.99. The number of halogens is 1. The van der Waals surface area contributed by atoms with Gasteiger partial charge < -0.3 is 15.0 Å². The standard InChI is InChI=1S/C20H23FN2O2/c1-15(22-20(24)17-9-5-6-10-18(17)21)19(16-7-3-2-4-8-16)23-11-13-25-14-12-23/h2-10,15,19H,11-14H2,1H3,(H,22,24)/p+1/t15-,19+/m0/s1. The van der Waals surface area contributed by atoms with Crippen LogP contribution in [-0.4, -0.2) is 38.3 Å². The Hall–Kier alpha value is -2.24. The third kappa shape index (κ3) is 4.24. The van der Waals surface area contributed by atoms with E-state index in [1.54, 1.807) is 12.1 Å². The van der Waals surface area contributed by atoms with Crippen molar-refractivity contribution in [2.24, 2.45) is 0 Å². The van der Waals surface area contributed by atoms with Gasteiger partial charge in [-0.15, -0.1) is 0 Å². The van der Waals surface area contributed by atoms with Gasteiger partial charge in [-0.05, 0) is 19.1 Å². The molecule has 0 aliphatic carbocycles. The number of hydrogen-bond donors (Lipinski definition) is 2. The van der Waals surface area contributed by atoms with Gasteiger partial charge in [-0.3, -0.25) is 4.79 Å². The molecule has 0 radical (unpaired) electrons. The predicted octanol–water partition coefficient (Wildman–Crippen LogP) is 1.60. The average molecular weight is 343 g/mol.